The average molecular weight is 330 g/mol. The molecule has 126 valence electrons. The third-order valence-corrected chi connectivity index (χ3v) is 4.08. The van der Waals surface area contributed by atoms with Gasteiger partial charge in [0.1, 0.15) is 6.73 Å². The molecule has 0 saturated carbocycles. The summed E-state index contributed by atoms with van der Waals surface area (Å²) in [5.74, 6) is -0.926. The lowest BCUT2D eigenvalue weighted by Crippen LogP contribution is -2.02. The van der Waals surface area contributed by atoms with Crippen LogP contribution in [0.2, 0.25) is 0 Å². The summed E-state index contributed by atoms with van der Waals surface area (Å²) in [5, 5.41) is 1.31. The predicted octanol–water partition coefficient (Wildman–Crippen LogP) is 2.31. The van der Waals surface area contributed by atoms with Crippen LogP contribution in [0, 0.1) is 0 Å². The van der Waals surface area contributed by atoms with Crippen LogP contribution < -0.4 is 0 Å². The number of esters is 2. The quantitative estimate of drug-likeness (QED) is 0.687. The third-order valence-electron chi connectivity index (χ3n) is 4.08. The van der Waals surface area contributed by atoms with E-state index in [1.54, 1.807) is 24.1 Å². The van der Waals surface area contributed by atoms with Gasteiger partial charge in [-0.25, -0.2) is 9.59 Å². The van der Waals surface area contributed by atoms with E-state index in [1.165, 1.54) is 14.2 Å². The van der Waals surface area contributed by atoms with Crippen molar-refractivity contribution in [2.75, 3.05) is 21.3 Å². The number of ether oxygens (including phenoxy) is 3. The van der Waals surface area contributed by atoms with Crippen LogP contribution in [-0.4, -0.2) is 42.4 Å². The normalized spacial score (nSPS) is 11.2. The van der Waals surface area contributed by atoms with Crippen LogP contribution in [-0.2, 0) is 28.0 Å². The van der Waals surface area contributed by atoms with Gasteiger partial charge in [0.2, 0.25) is 0 Å². The molecule has 3 rings (SSSR count). The van der Waals surface area contributed by atoms with Crippen molar-refractivity contribution in [3.05, 3.63) is 35.7 Å². The highest BCUT2D eigenvalue weighted by Gasteiger charge is 2.23. The average Bonchev–Trinajstić information content (AvgIpc) is 3.12. The van der Waals surface area contributed by atoms with Crippen molar-refractivity contribution in [1.82, 2.24) is 9.13 Å². The lowest BCUT2D eigenvalue weighted by molar-refractivity contribution is 0.0592. The molecule has 24 heavy (non-hydrogen) atoms. The molecule has 0 aliphatic carbocycles. The van der Waals surface area contributed by atoms with E-state index in [0.717, 1.165) is 11.0 Å². The monoisotopic (exact) mass is 330 g/mol. The number of benzene rings is 1. The zero-order valence-corrected chi connectivity index (χ0v) is 14.0. The molecule has 7 nitrogen and oxygen atoms in total. The van der Waals surface area contributed by atoms with E-state index in [-0.39, 0.29) is 6.73 Å². The molecule has 7 heteroatoms. The summed E-state index contributed by atoms with van der Waals surface area (Å²) in [6, 6.07) is 3.79. The number of fused-ring (bicyclic) bond motifs is 3. The largest absolute Gasteiger partial charge is 0.465 e. The molecule has 0 fully saturated rings. The molecule has 0 bridgehead atoms. The Morgan fingerprint density at radius 1 is 0.917 bits per heavy atom. The van der Waals surface area contributed by atoms with Gasteiger partial charge in [-0.2, -0.15) is 0 Å². The molecule has 1 aromatic carbocycles. The molecule has 0 unspecified atom stereocenters. The van der Waals surface area contributed by atoms with E-state index in [0.29, 0.717) is 21.9 Å². The predicted molar refractivity (Wildman–Crippen MR) is 88.1 cm³/mol. The van der Waals surface area contributed by atoms with Crippen molar-refractivity contribution < 1.29 is 23.8 Å². The van der Waals surface area contributed by atoms with Gasteiger partial charge in [0.05, 0.1) is 30.9 Å². The minimum absolute atomic E-state index is 0.277. The van der Waals surface area contributed by atoms with E-state index in [4.69, 9.17) is 14.2 Å². The van der Waals surface area contributed by atoms with Crippen molar-refractivity contribution in [2.45, 2.75) is 6.73 Å². The molecule has 0 atom stereocenters. The Hall–Kier alpha value is -2.80. The van der Waals surface area contributed by atoms with Gasteiger partial charge in [-0.1, -0.05) is 0 Å². The van der Waals surface area contributed by atoms with Gasteiger partial charge < -0.3 is 23.3 Å². The second kappa shape index (κ2) is 6.01. The van der Waals surface area contributed by atoms with Crippen molar-refractivity contribution >= 4 is 33.7 Å². The van der Waals surface area contributed by atoms with Gasteiger partial charge in [0.15, 0.2) is 0 Å². The minimum atomic E-state index is -0.470. The summed E-state index contributed by atoms with van der Waals surface area (Å²) in [6.07, 6.45) is 3.37. The minimum Gasteiger partial charge on any atom is -0.465 e. The van der Waals surface area contributed by atoms with Gasteiger partial charge >= 0.3 is 11.9 Å². The molecule has 0 N–H and O–H groups in total. The maximum absolute atomic E-state index is 12.2. The smallest absolute Gasteiger partial charge is 0.340 e. The van der Waals surface area contributed by atoms with Crippen LogP contribution >= 0.6 is 0 Å². The number of aryl methyl sites for hydroxylation is 1. The molecule has 0 saturated heterocycles. The van der Waals surface area contributed by atoms with Crippen molar-refractivity contribution in [1.29, 1.82) is 0 Å². The van der Waals surface area contributed by atoms with Crippen LogP contribution in [0.5, 0.6) is 0 Å². The molecule has 0 radical (unpaired) electrons. The summed E-state index contributed by atoms with van der Waals surface area (Å²) < 4.78 is 18.6. The molecule has 0 amide bonds. The molecule has 2 aromatic heterocycles. The lowest BCUT2D eigenvalue weighted by Gasteiger charge is -2.05. The Kier molecular flexibility index (Phi) is 4.02. The Morgan fingerprint density at radius 2 is 1.46 bits per heavy atom. The first-order valence-corrected chi connectivity index (χ1v) is 7.30. The standard InChI is InChI=1S/C17H18N2O5/c1-18-7-10(16(20)23-3)14-12(18)5-6-13-15(14)11(17(21)24-4)8-19(13)9-22-2/h5-8H,9H2,1-4H3. The fourth-order valence-electron chi connectivity index (χ4n) is 3.05. The second-order valence-electron chi connectivity index (χ2n) is 5.42. The topological polar surface area (TPSA) is 71.7 Å². The number of aromatic nitrogens is 2. The summed E-state index contributed by atoms with van der Waals surface area (Å²) >= 11 is 0. The first-order chi connectivity index (χ1) is 11.5. The molecule has 0 aliphatic heterocycles. The zero-order chi connectivity index (χ0) is 17.4. The van der Waals surface area contributed by atoms with Crippen molar-refractivity contribution in [2.24, 2.45) is 7.05 Å². The highest BCUT2D eigenvalue weighted by atomic mass is 16.5. The fraction of sp³-hybridized carbons (Fsp3) is 0.294. The van der Waals surface area contributed by atoms with Crippen LogP contribution in [0.25, 0.3) is 21.8 Å². The van der Waals surface area contributed by atoms with E-state index >= 15 is 0 Å². The Labute approximate surface area is 138 Å². The molecule has 3 aromatic rings. The second-order valence-corrected chi connectivity index (χ2v) is 5.42. The summed E-state index contributed by atoms with van der Waals surface area (Å²) in [4.78, 5) is 24.4. The first kappa shape index (κ1) is 16.1. The molecular weight excluding hydrogens is 312 g/mol. The Morgan fingerprint density at radius 3 is 2.04 bits per heavy atom. The van der Waals surface area contributed by atoms with Crippen LogP contribution in [0.1, 0.15) is 20.7 Å². The molecular formula is C17H18N2O5. The van der Waals surface area contributed by atoms with E-state index in [1.807, 2.05) is 23.7 Å². The van der Waals surface area contributed by atoms with Gasteiger partial charge in [0.25, 0.3) is 0 Å². The number of rotatable bonds is 4. The molecule has 2 heterocycles. The summed E-state index contributed by atoms with van der Waals surface area (Å²) in [6.45, 7) is 0.277. The van der Waals surface area contributed by atoms with Crippen LogP contribution in [0.4, 0.5) is 0 Å². The van der Waals surface area contributed by atoms with E-state index in [2.05, 4.69) is 0 Å². The third kappa shape index (κ3) is 2.25. The molecule has 0 aliphatic rings. The van der Waals surface area contributed by atoms with Crippen LogP contribution in [0.15, 0.2) is 24.5 Å². The van der Waals surface area contributed by atoms with Gasteiger partial charge in [-0.3, -0.25) is 0 Å². The van der Waals surface area contributed by atoms with Gasteiger partial charge in [-0.05, 0) is 12.1 Å². The lowest BCUT2D eigenvalue weighted by atomic mass is 10.0. The number of hydrogen-bond acceptors (Lipinski definition) is 5. The Balaban J connectivity index is 2.48. The van der Waals surface area contributed by atoms with Gasteiger partial charge in [-0.15, -0.1) is 0 Å². The number of methoxy groups -OCH3 is 3. The van der Waals surface area contributed by atoms with Gasteiger partial charge in [0, 0.05) is 42.8 Å². The SMILES string of the molecule is COCn1cc(C(=O)OC)c2c3c(C(=O)OC)cn(C)c3ccc21. The summed E-state index contributed by atoms with van der Waals surface area (Å²) in [7, 11) is 6.07. The van der Waals surface area contributed by atoms with E-state index in [9.17, 15) is 9.59 Å². The summed E-state index contributed by atoms with van der Waals surface area (Å²) in [5.41, 5.74) is 2.39. The van der Waals surface area contributed by atoms with E-state index < -0.39 is 11.9 Å². The molecule has 0 spiro atoms. The fourth-order valence-corrected chi connectivity index (χ4v) is 3.05. The number of carbonyl (C=O) groups is 2. The number of nitrogens with zero attached hydrogens (tertiary/aromatic N) is 2. The first-order valence-electron chi connectivity index (χ1n) is 7.30. The maximum atomic E-state index is 12.2. The van der Waals surface area contributed by atoms with Crippen LogP contribution in [0.3, 0.4) is 0 Å². The number of carbonyl (C=O) groups excluding carboxylic acids is 2. The highest BCUT2D eigenvalue weighted by Crippen LogP contribution is 2.34. The zero-order valence-electron chi connectivity index (χ0n) is 14.0. The number of hydrogen-bond donors (Lipinski definition) is 0. The van der Waals surface area contributed by atoms with Crippen molar-refractivity contribution in [3.8, 4) is 0 Å². The maximum Gasteiger partial charge on any atom is 0.340 e. The Bertz CT molecular complexity index is 951. The highest BCUT2D eigenvalue weighted by molar-refractivity contribution is 6.21. The van der Waals surface area contributed by atoms with Crippen molar-refractivity contribution in [3.63, 3.8) is 0 Å².